The minimum absolute atomic E-state index is 0.0551. The number of ketones is 1. The van der Waals surface area contributed by atoms with Crippen LogP contribution in [-0.2, 0) is 16.0 Å². The van der Waals surface area contributed by atoms with Crippen LogP contribution in [0.1, 0.15) is 41.9 Å². The molecule has 4 aromatic rings. The molecule has 1 aliphatic heterocycles. The van der Waals surface area contributed by atoms with Crippen LogP contribution in [0, 0.1) is 6.92 Å². The fourth-order valence-corrected chi connectivity index (χ4v) is 4.87. The molecule has 1 N–H and O–H groups in total. The number of hydrogen-bond donors (Lipinski definition) is 1. The number of pyridine rings is 1. The van der Waals surface area contributed by atoms with Gasteiger partial charge in [0.1, 0.15) is 17.1 Å². The summed E-state index contributed by atoms with van der Waals surface area (Å²) in [4.78, 5) is 32.9. The lowest BCUT2D eigenvalue weighted by molar-refractivity contribution is -0.139. The van der Waals surface area contributed by atoms with Crippen LogP contribution >= 0.6 is 0 Å². The minimum atomic E-state index is -0.762. The van der Waals surface area contributed by atoms with Crippen LogP contribution in [0.5, 0.6) is 5.75 Å². The average Bonchev–Trinajstić information content (AvgIpc) is 3.39. The number of fused-ring (bicyclic) bond motifs is 1. The first-order valence-electron chi connectivity index (χ1n) is 12.5. The molecular weight excluding hydrogens is 466 g/mol. The third-order valence-corrected chi connectivity index (χ3v) is 6.60. The molecule has 1 fully saturated rings. The monoisotopic (exact) mass is 495 g/mol. The maximum absolute atomic E-state index is 13.5. The first kappa shape index (κ1) is 24.3. The van der Waals surface area contributed by atoms with Gasteiger partial charge in [0.2, 0.25) is 0 Å². The van der Waals surface area contributed by atoms with E-state index in [1.807, 2.05) is 79.7 Å². The highest BCUT2D eigenvalue weighted by Crippen LogP contribution is 2.41. The number of carbonyl (C=O) groups is 2. The maximum Gasteiger partial charge on any atom is 0.295 e. The molecule has 2 aromatic heterocycles. The number of aromatic nitrogens is 2. The third-order valence-electron chi connectivity index (χ3n) is 6.60. The maximum atomic E-state index is 13.5. The van der Waals surface area contributed by atoms with Crippen LogP contribution in [-0.4, -0.2) is 44.2 Å². The van der Waals surface area contributed by atoms with Crippen molar-refractivity contribution >= 4 is 23.1 Å². The Hall–Kier alpha value is -4.39. The fraction of sp³-hybridized carbons (Fsp3) is 0.233. The second-order valence-corrected chi connectivity index (χ2v) is 9.12. The second kappa shape index (κ2) is 10.3. The number of ether oxygens (including phenoxy) is 1. The summed E-state index contributed by atoms with van der Waals surface area (Å²) in [6, 6.07) is 22.0. The number of rotatable bonds is 8. The van der Waals surface area contributed by atoms with Gasteiger partial charge in [-0.3, -0.25) is 14.0 Å². The van der Waals surface area contributed by atoms with Crippen molar-refractivity contribution in [1.82, 2.24) is 14.3 Å². The molecule has 1 aliphatic rings. The van der Waals surface area contributed by atoms with E-state index in [4.69, 9.17) is 4.74 Å². The summed E-state index contributed by atoms with van der Waals surface area (Å²) in [5.74, 6) is -0.921. The summed E-state index contributed by atoms with van der Waals surface area (Å²) >= 11 is 0. The van der Waals surface area contributed by atoms with Crippen LogP contribution in [0.15, 0.2) is 84.6 Å². The molecule has 0 spiro atoms. The molecule has 1 atom stereocenters. The van der Waals surface area contributed by atoms with E-state index in [2.05, 4.69) is 4.98 Å². The van der Waals surface area contributed by atoms with Gasteiger partial charge in [-0.15, -0.1) is 0 Å². The Morgan fingerprint density at radius 3 is 2.59 bits per heavy atom. The average molecular weight is 496 g/mol. The van der Waals surface area contributed by atoms with Gasteiger partial charge in [-0.2, -0.15) is 0 Å². The molecule has 1 unspecified atom stereocenters. The van der Waals surface area contributed by atoms with Crippen LogP contribution < -0.4 is 4.74 Å². The Morgan fingerprint density at radius 2 is 1.81 bits per heavy atom. The molecule has 7 nitrogen and oxygen atoms in total. The molecule has 1 saturated heterocycles. The molecule has 2 aromatic carbocycles. The summed E-state index contributed by atoms with van der Waals surface area (Å²) in [7, 11) is 0. The molecule has 0 saturated carbocycles. The van der Waals surface area contributed by atoms with Gasteiger partial charge in [0, 0.05) is 12.7 Å². The summed E-state index contributed by atoms with van der Waals surface area (Å²) in [5.41, 5.74) is 3.43. The molecule has 0 bridgehead atoms. The van der Waals surface area contributed by atoms with Crippen molar-refractivity contribution in [2.24, 2.45) is 0 Å². The van der Waals surface area contributed by atoms with Gasteiger partial charge in [0.25, 0.3) is 11.7 Å². The standard InChI is InChI=1S/C30H29N3O4/c1-3-18-37-23-13-9-12-22(19-23)27-25(28(34)26-20(2)31-24-14-7-8-16-32(24)26)29(35)30(36)33(27)17-15-21-10-5-4-6-11-21/h4-14,16,19,27,34H,3,15,17-18H2,1-2H3. The Bertz CT molecular complexity index is 1490. The highest BCUT2D eigenvalue weighted by Gasteiger charge is 2.46. The lowest BCUT2D eigenvalue weighted by Gasteiger charge is -2.26. The lowest BCUT2D eigenvalue weighted by atomic mass is 9.96. The van der Waals surface area contributed by atoms with Gasteiger partial charge in [0.05, 0.1) is 23.9 Å². The summed E-state index contributed by atoms with van der Waals surface area (Å²) in [6.07, 6.45) is 3.21. The Morgan fingerprint density at radius 1 is 1.03 bits per heavy atom. The number of amides is 1. The van der Waals surface area contributed by atoms with Crippen molar-refractivity contribution in [1.29, 1.82) is 0 Å². The van der Waals surface area contributed by atoms with Gasteiger partial charge < -0.3 is 14.7 Å². The first-order chi connectivity index (χ1) is 18.0. The number of benzene rings is 2. The second-order valence-electron chi connectivity index (χ2n) is 9.12. The lowest BCUT2D eigenvalue weighted by Crippen LogP contribution is -2.31. The minimum Gasteiger partial charge on any atom is -0.505 e. The number of aliphatic hydroxyl groups is 1. The van der Waals surface area contributed by atoms with E-state index in [0.29, 0.717) is 47.9 Å². The zero-order valence-electron chi connectivity index (χ0n) is 20.9. The summed E-state index contributed by atoms with van der Waals surface area (Å²) < 4.78 is 7.57. The summed E-state index contributed by atoms with van der Waals surface area (Å²) in [5, 5.41) is 11.6. The van der Waals surface area contributed by atoms with E-state index in [-0.39, 0.29) is 11.3 Å². The predicted molar refractivity (Wildman–Crippen MR) is 141 cm³/mol. The van der Waals surface area contributed by atoms with E-state index in [9.17, 15) is 14.7 Å². The highest BCUT2D eigenvalue weighted by molar-refractivity contribution is 6.46. The molecule has 1 amide bonds. The number of imidazole rings is 1. The number of hydrogen-bond acceptors (Lipinski definition) is 5. The topological polar surface area (TPSA) is 84.1 Å². The largest absolute Gasteiger partial charge is 0.505 e. The molecular formula is C30H29N3O4. The molecule has 37 heavy (non-hydrogen) atoms. The molecule has 5 rings (SSSR count). The van der Waals surface area contributed by atoms with Crippen LogP contribution in [0.25, 0.3) is 11.4 Å². The molecule has 0 radical (unpaired) electrons. The van der Waals surface area contributed by atoms with Gasteiger partial charge in [0.15, 0.2) is 5.76 Å². The number of likely N-dealkylation sites (tertiary alicyclic amines) is 1. The SMILES string of the molecule is CCCOc1cccc(C2C(=C(O)c3c(C)nc4ccccn34)C(=O)C(=O)N2CCc2ccccc2)c1. The van der Waals surface area contributed by atoms with E-state index in [1.54, 1.807) is 22.4 Å². The van der Waals surface area contributed by atoms with E-state index in [0.717, 1.165) is 12.0 Å². The van der Waals surface area contributed by atoms with Gasteiger partial charge in [-0.25, -0.2) is 4.98 Å². The van der Waals surface area contributed by atoms with Crippen LogP contribution in [0.3, 0.4) is 0 Å². The van der Waals surface area contributed by atoms with Crippen molar-refractivity contribution in [3.05, 3.63) is 107 Å². The number of carbonyl (C=O) groups excluding carboxylic acids is 2. The Labute approximate surface area is 215 Å². The number of aryl methyl sites for hydroxylation is 1. The zero-order valence-corrected chi connectivity index (χ0v) is 20.9. The Balaban J connectivity index is 1.64. The fourth-order valence-electron chi connectivity index (χ4n) is 4.87. The highest BCUT2D eigenvalue weighted by atomic mass is 16.5. The van der Waals surface area contributed by atoms with Crippen LogP contribution in [0.4, 0.5) is 0 Å². The molecule has 0 aliphatic carbocycles. The van der Waals surface area contributed by atoms with Gasteiger partial charge in [-0.05, 0) is 55.2 Å². The van der Waals surface area contributed by atoms with E-state index in [1.165, 1.54) is 0 Å². The first-order valence-corrected chi connectivity index (χ1v) is 12.5. The number of aliphatic hydroxyl groups excluding tert-OH is 1. The quantitative estimate of drug-likeness (QED) is 0.209. The third kappa shape index (κ3) is 4.60. The van der Waals surface area contributed by atoms with Gasteiger partial charge >= 0.3 is 0 Å². The molecule has 7 heteroatoms. The van der Waals surface area contributed by atoms with Crippen molar-refractivity contribution < 1.29 is 19.4 Å². The Kier molecular flexibility index (Phi) is 6.77. The zero-order chi connectivity index (χ0) is 25.9. The van der Waals surface area contributed by atoms with Crippen molar-refractivity contribution in [3.8, 4) is 5.75 Å². The van der Waals surface area contributed by atoms with E-state index < -0.39 is 17.7 Å². The van der Waals surface area contributed by atoms with Gasteiger partial charge in [-0.1, -0.05) is 55.5 Å². The van der Waals surface area contributed by atoms with Crippen LogP contribution in [0.2, 0.25) is 0 Å². The van der Waals surface area contributed by atoms with E-state index >= 15 is 0 Å². The molecule has 188 valence electrons. The summed E-state index contributed by atoms with van der Waals surface area (Å²) in [6.45, 7) is 4.68. The number of nitrogens with zero attached hydrogens (tertiary/aromatic N) is 3. The molecule has 3 heterocycles. The number of Topliss-reactive ketones (excluding diaryl/α,β-unsaturated/α-hetero) is 1. The predicted octanol–water partition coefficient (Wildman–Crippen LogP) is 5.10. The van der Waals surface area contributed by atoms with Crippen molar-refractivity contribution in [2.45, 2.75) is 32.7 Å². The normalized spacial score (nSPS) is 17.0. The van der Waals surface area contributed by atoms with Crippen molar-refractivity contribution in [2.75, 3.05) is 13.2 Å². The smallest absolute Gasteiger partial charge is 0.295 e. The van der Waals surface area contributed by atoms with Crippen molar-refractivity contribution in [3.63, 3.8) is 0 Å².